The number of rotatable bonds is 1. The number of hydroxylamine groups is 1. The average molecular weight is 156 g/mol. The van der Waals surface area contributed by atoms with Gasteiger partial charge in [0.15, 0.2) is 0 Å². The highest BCUT2D eigenvalue weighted by molar-refractivity contribution is 6.02. The first-order valence-corrected chi connectivity index (χ1v) is 3.60. The van der Waals surface area contributed by atoms with Gasteiger partial charge in [-0.25, -0.2) is 0 Å². The van der Waals surface area contributed by atoms with Crippen molar-refractivity contribution in [2.45, 2.75) is 26.2 Å². The van der Waals surface area contributed by atoms with Crippen molar-refractivity contribution in [3.63, 3.8) is 0 Å². The monoisotopic (exact) mass is 156 g/mol. The van der Waals surface area contributed by atoms with E-state index < -0.39 is 0 Å². The van der Waals surface area contributed by atoms with Gasteiger partial charge in [0.05, 0.1) is 5.71 Å². The maximum Gasteiger partial charge on any atom is 0.0845 e. The molecular formula is C7H12N2O2. The molecule has 1 rings (SSSR count). The van der Waals surface area contributed by atoms with Crippen LogP contribution in [0.4, 0.5) is 0 Å². The van der Waals surface area contributed by atoms with E-state index in [0.29, 0.717) is 11.4 Å². The van der Waals surface area contributed by atoms with Crippen molar-refractivity contribution >= 4 is 5.71 Å². The molecule has 0 aliphatic heterocycles. The van der Waals surface area contributed by atoms with Gasteiger partial charge in [0, 0.05) is 5.70 Å². The molecule has 0 amide bonds. The lowest BCUT2D eigenvalue weighted by molar-refractivity contribution is 0.199. The van der Waals surface area contributed by atoms with E-state index in [4.69, 9.17) is 10.4 Å². The Balaban J connectivity index is 2.87. The Kier molecular flexibility index (Phi) is 2.48. The number of hydrogen-bond donors (Lipinski definition) is 3. The van der Waals surface area contributed by atoms with E-state index >= 15 is 0 Å². The Morgan fingerprint density at radius 3 is 2.82 bits per heavy atom. The molecule has 0 saturated heterocycles. The molecule has 0 atom stereocenters. The summed E-state index contributed by atoms with van der Waals surface area (Å²) >= 11 is 0. The summed E-state index contributed by atoms with van der Waals surface area (Å²) in [6.07, 6.45) is 2.66. The molecular weight excluding hydrogens is 144 g/mol. The van der Waals surface area contributed by atoms with E-state index in [9.17, 15) is 0 Å². The molecule has 1 aliphatic carbocycles. The third-order valence-corrected chi connectivity index (χ3v) is 1.93. The summed E-state index contributed by atoms with van der Waals surface area (Å²) in [5.41, 5.74) is 4.35. The van der Waals surface area contributed by atoms with E-state index in [1.807, 2.05) is 0 Å². The first-order valence-electron chi connectivity index (χ1n) is 3.60. The predicted molar refractivity (Wildman–Crippen MR) is 40.7 cm³/mol. The van der Waals surface area contributed by atoms with Crippen LogP contribution in [0.5, 0.6) is 0 Å². The molecule has 0 radical (unpaired) electrons. The summed E-state index contributed by atoms with van der Waals surface area (Å²) in [7, 11) is 0. The molecule has 3 N–H and O–H groups in total. The van der Waals surface area contributed by atoms with E-state index in [2.05, 4.69) is 10.6 Å². The van der Waals surface area contributed by atoms with Crippen molar-refractivity contribution < 1.29 is 10.4 Å². The molecule has 0 aromatic carbocycles. The fourth-order valence-corrected chi connectivity index (χ4v) is 1.31. The minimum atomic E-state index is 0.676. The number of allylic oxidation sites excluding steroid dienone is 2. The Morgan fingerprint density at radius 1 is 1.55 bits per heavy atom. The lowest BCUT2D eigenvalue weighted by atomic mass is 10.1. The molecule has 0 heterocycles. The molecule has 1 saturated carbocycles. The molecule has 4 nitrogen and oxygen atoms in total. The minimum Gasteiger partial charge on any atom is -0.411 e. The second kappa shape index (κ2) is 3.39. The first-order chi connectivity index (χ1) is 5.29. The summed E-state index contributed by atoms with van der Waals surface area (Å²) in [4.78, 5) is 0. The summed E-state index contributed by atoms with van der Waals surface area (Å²) < 4.78 is 0. The van der Waals surface area contributed by atoms with Crippen LogP contribution in [0.3, 0.4) is 0 Å². The largest absolute Gasteiger partial charge is 0.411 e. The Hall–Kier alpha value is -1.03. The molecule has 62 valence electrons. The second-order valence-corrected chi connectivity index (χ2v) is 2.62. The standard InChI is InChI=1S/C7H12N2O2/c1-5(8-10)6-3-2-4-7(6)9-11/h8,10-11H,2-4H2,1H3. The third kappa shape index (κ3) is 1.51. The molecule has 1 fully saturated rings. The summed E-state index contributed by atoms with van der Waals surface area (Å²) in [6, 6.07) is 0. The van der Waals surface area contributed by atoms with Gasteiger partial charge in [-0.2, -0.15) is 0 Å². The molecule has 11 heavy (non-hydrogen) atoms. The van der Waals surface area contributed by atoms with Crippen molar-refractivity contribution in [1.82, 2.24) is 5.48 Å². The molecule has 0 unspecified atom stereocenters. The van der Waals surface area contributed by atoms with Crippen molar-refractivity contribution in [3.05, 3.63) is 11.3 Å². The summed E-state index contributed by atoms with van der Waals surface area (Å²) in [5, 5.41) is 20.2. The van der Waals surface area contributed by atoms with E-state index in [0.717, 1.165) is 24.8 Å². The van der Waals surface area contributed by atoms with E-state index in [1.165, 1.54) is 0 Å². The van der Waals surface area contributed by atoms with Crippen LogP contribution in [0, 0.1) is 0 Å². The third-order valence-electron chi connectivity index (χ3n) is 1.93. The van der Waals surface area contributed by atoms with Gasteiger partial charge in [-0.3, -0.25) is 10.7 Å². The van der Waals surface area contributed by atoms with Crippen molar-refractivity contribution in [3.8, 4) is 0 Å². The van der Waals surface area contributed by atoms with Crippen LogP contribution in [-0.2, 0) is 0 Å². The lowest BCUT2D eigenvalue weighted by Gasteiger charge is -2.02. The number of nitrogens with one attached hydrogen (secondary N) is 1. The van der Waals surface area contributed by atoms with E-state index in [-0.39, 0.29) is 0 Å². The fraction of sp³-hybridized carbons (Fsp3) is 0.571. The smallest absolute Gasteiger partial charge is 0.0845 e. The Bertz CT molecular complexity index is 208. The highest BCUT2D eigenvalue weighted by Gasteiger charge is 2.17. The van der Waals surface area contributed by atoms with Gasteiger partial charge in [-0.1, -0.05) is 5.16 Å². The van der Waals surface area contributed by atoms with Gasteiger partial charge in [-0.05, 0) is 31.8 Å². The highest BCUT2D eigenvalue weighted by atomic mass is 16.5. The van der Waals surface area contributed by atoms with Crippen molar-refractivity contribution in [2.75, 3.05) is 0 Å². The summed E-state index contributed by atoms with van der Waals surface area (Å²) in [5.74, 6) is 0. The molecule has 4 heteroatoms. The molecule has 0 aromatic heterocycles. The van der Waals surface area contributed by atoms with Crippen LogP contribution in [0.25, 0.3) is 0 Å². The van der Waals surface area contributed by atoms with Crippen molar-refractivity contribution in [1.29, 1.82) is 0 Å². The normalized spacial score (nSPS) is 25.8. The van der Waals surface area contributed by atoms with Gasteiger partial charge in [0.25, 0.3) is 0 Å². The summed E-state index contributed by atoms with van der Waals surface area (Å²) in [6.45, 7) is 1.76. The lowest BCUT2D eigenvalue weighted by Crippen LogP contribution is -2.09. The van der Waals surface area contributed by atoms with Gasteiger partial charge in [-0.15, -0.1) is 0 Å². The second-order valence-electron chi connectivity index (χ2n) is 2.62. The van der Waals surface area contributed by atoms with Gasteiger partial charge < -0.3 is 5.21 Å². The molecule has 1 aliphatic rings. The Labute approximate surface area is 65.2 Å². The van der Waals surface area contributed by atoms with Crippen LogP contribution < -0.4 is 5.48 Å². The fourth-order valence-electron chi connectivity index (χ4n) is 1.31. The highest BCUT2D eigenvalue weighted by Crippen LogP contribution is 2.23. The maximum atomic E-state index is 8.56. The molecule has 0 bridgehead atoms. The number of oxime groups is 1. The zero-order chi connectivity index (χ0) is 8.27. The van der Waals surface area contributed by atoms with E-state index in [1.54, 1.807) is 6.92 Å². The van der Waals surface area contributed by atoms with Crippen LogP contribution >= 0.6 is 0 Å². The van der Waals surface area contributed by atoms with Crippen LogP contribution in [0.15, 0.2) is 16.4 Å². The topological polar surface area (TPSA) is 64.8 Å². The zero-order valence-corrected chi connectivity index (χ0v) is 6.46. The van der Waals surface area contributed by atoms with Crippen LogP contribution in [0.2, 0.25) is 0 Å². The quantitative estimate of drug-likeness (QED) is 0.395. The molecule has 0 aromatic rings. The van der Waals surface area contributed by atoms with Crippen molar-refractivity contribution in [2.24, 2.45) is 5.16 Å². The first kappa shape index (κ1) is 8.07. The van der Waals surface area contributed by atoms with Crippen LogP contribution in [-0.4, -0.2) is 16.1 Å². The average Bonchev–Trinajstić information content (AvgIpc) is 2.50. The van der Waals surface area contributed by atoms with Gasteiger partial charge in [0.1, 0.15) is 0 Å². The zero-order valence-electron chi connectivity index (χ0n) is 6.46. The van der Waals surface area contributed by atoms with Gasteiger partial charge >= 0.3 is 0 Å². The number of hydrogen-bond acceptors (Lipinski definition) is 4. The SMILES string of the molecule is CC(NO)=C1CCCC1=NO. The maximum absolute atomic E-state index is 8.56. The predicted octanol–water partition coefficient (Wildman–Crippen LogP) is 1.25. The molecule has 0 spiro atoms. The Morgan fingerprint density at radius 2 is 2.27 bits per heavy atom. The minimum absolute atomic E-state index is 0.676. The van der Waals surface area contributed by atoms with Gasteiger partial charge in [0.2, 0.25) is 0 Å². The number of nitrogens with zero attached hydrogens (tertiary/aromatic N) is 1. The van der Waals surface area contributed by atoms with Crippen LogP contribution in [0.1, 0.15) is 26.2 Å².